The Bertz CT molecular complexity index is 786. The van der Waals surface area contributed by atoms with Crippen LogP contribution in [0, 0.1) is 5.41 Å². The molecule has 2 unspecified atom stereocenters. The molecule has 0 bridgehead atoms. The highest BCUT2D eigenvalue weighted by atomic mass is 35.5. The van der Waals surface area contributed by atoms with Gasteiger partial charge < -0.3 is 14.2 Å². The molecule has 1 aliphatic heterocycles. The predicted octanol–water partition coefficient (Wildman–Crippen LogP) is 3.21. The van der Waals surface area contributed by atoms with Gasteiger partial charge in [-0.1, -0.05) is 36.7 Å². The summed E-state index contributed by atoms with van der Waals surface area (Å²) >= 11 is 6.02. The van der Waals surface area contributed by atoms with Gasteiger partial charge in [-0.3, -0.25) is 0 Å². The molecular weight excluding hydrogens is 382 g/mol. The molecule has 1 aromatic heterocycles. The Morgan fingerprint density at radius 2 is 2.07 bits per heavy atom. The van der Waals surface area contributed by atoms with E-state index in [1.165, 1.54) is 12.4 Å². The standard InChI is InChI=1S/C20H24ClN3O4/c1-3-4-18(25)28-19(20(2)10-26-14-27-11-20)17(24-13-22-12-23-24)9-15-5-7-16(21)8-6-15/h3-8,12-13,17,19H,9-11,14H2,1-2H3. The zero-order chi connectivity index (χ0) is 20.0. The second-order valence-electron chi connectivity index (χ2n) is 7.10. The number of halogens is 1. The number of esters is 1. The number of carbonyl (C=O) groups is 1. The van der Waals surface area contributed by atoms with Crippen LogP contribution in [0.15, 0.2) is 49.1 Å². The first-order chi connectivity index (χ1) is 13.5. The highest BCUT2D eigenvalue weighted by Gasteiger charge is 2.45. The van der Waals surface area contributed by atoms with Crippen molar-refractivity contribution in [2.45, 2.75) is 32.4 Å². The lowest BCUT2D eigenvalue weighted by Gasteiger charge is -2.42. The Morgan fingerprint density at radius 3 is 2.68 bits per heavy atom. The third-order valence-corrected chi connectivity index (χ3v) is 5.00. The van der Waals surface area contributed by atoms with Crippen LogP contribution in [0.1, 0.15) is 25.5 Å². The van der Waals surface area contributed by atoms with Crippen molar-refractivity contribution in [3.8, 4) is 0 Å². The molecule has 0 aliphatic carbocycles. The van der Waals surface area contributed by atoms with Gasteiger partial charge in [-0.05, 0) is 31.0 Å². The van der Waals surface area contributed by atoms with Gasteiger partial charge in [-0.2, -0.15) is 5.10 Å². The summed E-state index contributed by atoms with van der Waals surface area (Å²) < 4.78 is 18.7. The van der Waals surface area contributed by atoms with Crippen LogP contribution >= 0.6 is 11.6 Å². The van der Waals surface area contributed by atoms with Gasteiger partial charge in [0.2, 0.25) is 0 Å². The van der Waals surface area contributed by atoms with E-state index < -0.39 is 17.5 Å². The summed E-state index contributed by atoms with van der Waals surface area (Å²) in [5, 5.41) is 4.98. The Morgan fingerprint density at radius 1 is 1.36 bits per heavy atom. The van der Waals surface area contributed by atoms with Gasteiger partial charge in [0, 0.05) is 11.1 Å². The minimum absolute atomic E-state index is 0.232. The van der Waals surface area contributed by atoms with E-state index in [-0.39, 0.29) is 12.8 Å². The van der Waals surface area contributed by atoms with E-state index in [1.54, 1.807) is 24.0 Å². The Hall–Kier alpha value is -2.22. The van der Waals surface area contributed by atoms with E-state index in [0.717, 1.165) is 5.56 Å². The Balaban J connectivity index is 1.97. The molecule has 1 aliphatic rings. The number of hydrogen-bond acceptors (Lipinski definition) is 6. The molecule has 28 heavy (non-hydrogen) atoms. The first-order valence-corrected chi connectivity index (χ1v) is 9.47. The molecule has 8 heteroatoms. The van der Waals surface area contributed by atoms with Crippen LogP contribution in [-0.4, -0.2) is 46.8 Å². The van der Waals surface area contributed by atoms with Crippen LogP contribution in [0.3, 0.4) is 0 Å². The largest absolute Gasteiger partial charge is 0.456 e. The maximum atomic E-state index is 12.4. The van der Waals surface area contributed by atoms with E-state index in [1.807, 2.05) is 31.2 Å². The van der Waals surface area contributed by atoms with E-state index >= 15 is 0 Å². The molecule has 0 radical (unpaired) electrons. The highest BCUT2D eigenvalue weighted by Crippen LogP contribution is 2.36. The smallest absolute Gasteiger partial charge is 0.330 e. The SMILES string of the molecule is CC=CC(=O)OC(C(Cc1ccc(Cl)cc1)n1cncn1)C1(C)COCOC1. The predicted molar refractivity (Wildman–Crippen MR) is 104 cm³/mol. The number of hydrogen-bond donors (Lipinski definition) is 0. The third kappa shape index (κ3) is 4.98. The van der Waals surface area contributed by atoms with E-state index in [2.05, 4.69) is 10.1 Å². The molecule has 3 rings (SSSR count). The Labute approximate surface area is 169 Å². The van der Waals surface area contributed by atoms with Crippen LogP contribution in [0.4, 0.5) is 0 Å². The molecular formula is C20H24ClN3O4. The van der Waals surface area contributed by atoms with Gasteiger partial charge in [0.25, 0.3) is 0 Å². The quantitative estimate of drug-likeness (QED) is 0.520. The van der Waals surface area contributed by atoms with Crippen LogP contribution < -0.4 is 0 Å². The fourth-order valence-corrected chi connectivity index (χ4v) is 3.52. The van der Waals surface area contributed by atoms with Crippen LogP contribution in [0.5, 0.6) is 0 Å². The topological polar surface area (TPSA) is 75.5 Å². The lowest BCUT2D eigenvalue weighted by atomic mass is 9.79. The average Bonchev–Trinajstić information content (AvgIpc) is 3.21. The summed E-state index contributed by atoms with van der Waals surface area (Å²) in [6.45, 7) is 4.81. The summed E-state index contributed by atoms with van der Waals surface area (Å²) in [5.41, 5.74) is 0.497. The van der Waals surface area contributed by atoms with Crippen molar-refractivity contribution in [1.29, 1.82) is 0 Å². The molecule has 0 saturated carbocycles. The minimum Gasteiger partial charge on any atom is -0.456 e. The van der Waals surface area contributed by atoms with Gasteiger partial charge in [-0.25, -0.2) is 14.5 Å². The molecule has 7 nitrogen and oxygen atoms in total. The number of carbonyl (C=O) groups excluding carboxylic acids is 1. The fraction of sp³-hybridized carbons (Fsp3) is 0.450. The van der Waals surface area contributed by atoms with Gasteiger partial charge in [0.15, 0.2) is 0 Å². The lowest BCUT2D eigenvalue weighted by molar-refractivity contribution is -0.206. The summed E-state index contributed by atoms with van der Waals surface area (Å²) in [7, 11) is 0. The molecule has 2 heterocycles. The molecule has 1 saturated heterocycles. The van der Waals surface area contributed by atoms with Gasteiger partial charge in [-0.15, -0.1) is 0 Å². The zero-order valence-electron chi connectivity index (χ0n) is 16.0. The first-order valence-electron chi connectivity index (χ1n) is 9.09. The first kappa shape index (κ1) is 20.5. The molecule has 0 N–H and O–H groups in total. The zero-order valence-corrected chi connectivity index (χ0v) is 16.7. The minimum atomic E-state index is -0.547. The molecule has 1 fully saturated rings. The number of nitrogens with zero attached hydrogens (tertiary/aromatic N) is 3. The number of benzene rings is 1. The second-order valence-corrected chi connectivity index (χ2v) is 7.54. The molecule has 0 amide bonds. The Kier molecular flexibility index (Phi) is 6.83. The number of aromatic nitrogens is 3. The molecule has 2 atom stereocenters. The van der Waals surface area contributed by atoms with E-state index in [9.17, 15) is 4.79 Å². The number of allylic oxidation sites excluding steroid dienone is 1. The maximum absolute atomic E-state index is 12.4. The summed E-state index contributed by atoms with van der Waals surface area (Å²) in [4.78, 5) is 16.4. The van der Waals surface area contributed by atoms with Crippen molar-refractivity contribution < 1.29 is 19.0 Å². The van der Waals surface area contributed by atoms with Gasteiger partial charge >= 0.3 is 5.97 Å². The van der Waals surface area contributed by atoms with Crippen LogP contribution in [0.25, 0.3) is 0 Å². The van der Waals surface area contributed by atoms with E-state index in [4.69, 9.17) is 25.8 Å². The monoisotopic (exact) mass is 405 g/mol. The normalized spacial score (nSPS) is 18.7. The van der Waals surface area contributed by atoms with Crippen LogP contribution in [0.2, 0.25) is 5.02 Å². The summed E-state index contributed by atoms with van der Waals surface area (Å²) in [6.07, 6.45) is 6.18. The molecule has 150 valence electrons. The van der Waals surface area contributed by atoms with Crippen molar-refractivity contribution in [2.24, 2.45) is 5.41 Å². The number of ether oxygens (including phenoxy) is 3. The summed E-state index contributed by atoms with van der Waals surface area (Å²) in [6, 6.07) is 7.28. The lowest BCUT2D eigenvalue weighted by Crippen LogP contribution is -2.51. The van der Waals surface area contributed by atoms with Crippen molar-refractivity contribution in [3.63, 3.8) is 0 Å². The molecule has 2 aromatic rings. The fourth-order valence-electron chi connectivity index (χ4n) is 3.39. The highest BCUT2D eigenvalue weighted by molar-refractivity contribution is 6.30. The molecule has 0 spiro atoms. The number of rotatable bonds is 7. The van der Waals surface area contributed by atoms with Crippen molar-refractivity contribution in [1.82, 2.24) is 14.8 Å². The van der Waals surface area contributed by atoms with Crippen molar-refractivity contribution >= 4 is 17.6 Å². The van der Waals surface area contributed by atoms with Crippen LogP contribution in [-0.2, 0) is 25.4 Å². The second kappa shape index (κ2) is 9.32. The van der Waals surface area contributed by atoms with Gasteiger partial charge in [0.05, 0.1) is 24.7 Å². The maximum Gasteiger partial charge on any atom is 0.330 e. The van der Waals surface area contributed by atoms with Crippen molar-refractivity contribution in [2.75, 3.05) is 20.0 Å². The van der Waals surface area contributed by atoms with Crippen molar-refractivity contribution in [3.05, 3.63) is 59.7 Å². The van der Waals surface area contributed by atoms with Gasteiger partial charge in [0.1, 0.15) is 25.6 Å². The molecule has 1 aromatic carbocycles. The van der Waals surface area contributed by atoms with E-state index in [0.29, 0.717) is 24.7 Å². The summed E-state index contributed by atoms with van der Waals surface area (Å²) in [5.74, 6) is -0.416. The third-order valence-electron chi connectivity index (χ3n) is 4.75. The average molecular weight is 406 g/mol.